The van der Waals surface area contributed by atoms with Crippen molar-refractivity contribution in [2.75, 3.05) is 20.3 Å². The van der Waals surface area contributed by atoms with E-state index in [-0.39, 0.29) is 30.5 Å². The van der Waals surface area contributed by atoms with E-state index in [1.165, 1.54) is 31.1 Å². The number of amides is 2. The molecule has 3 fully saturated rings. The van der Waals surface area contributed by atoms with Gasteiger partial charge in [-0.15, -0.1) is 0 Å². The standard InChI is InChI=1S/C26H40N4O3/c1-18-3-5-19(6-4-18)16-30(22-11-12-22)23-13-14-29(25(31)17-33-2)24(15-23)26(32)28-21-9-7-20(27)8-10-21/h3-6,20-24H,7-17,27H2,1-2H3,(H,28,32)/t20?,21?,23?,24-/m1/s1. The first-order valence-corrected chi connectivity index (χ1v) is 12.6. The van der Waals surface area contributed by atoms with E-state index in [9.17, 15) is 9.59 Å². The van der Waals surface area contributed by atoms with Crippen LogP contribution in [0.4, 0.5) is 0 Å². The fourth-order valence-electron chi connectivity index (χ4n) is 5.43. The Morgan fingerprint density at radius 2 is 1.76 bits per heavy atom. The van der Waals surface area contributed by atoms with Gasteiger partial charge in [-0.3, -0.25) is 14.5 Å². The Balaban J connectivity index is 1.46. The number of nitrogens with zero attached hydrogens (tertiary/aromatic N) is 2. The van der Waals surface area contributed by atoms with Crippen molar-refractivity contribution in [1.82, 2.24) is 15.1 Å². The lowest BCUT2D eigenvalue weighted by molar-refractivity contribution is -0.147. The number of piperidine rings is 1. The van der Waals surface area contributed by atoms with E-state index in [0.29, 0.717) is 25.0 Å². The molecule has 7 nitrogen and oxygen atoms in total. The maximum Gasteiger partial charge on any atom is 0.249 e. The monoisotopic (exact) mass is 456 g/mol. The molecule has 1 aromatic rings. The fourth-order valence-corrected chi connectivity index (χ4v) is 5.43. The summed E-state index contributed by atoms with van der Waals surface area (Å²) in [5, 5.41) is 3.25. The third-order valence-electron chi connectivity index (χ3n) is 7.55. The summed E-state index contributed by atoms with van der Waals surface area (Å²) < 4.78 is 5.11. The number of carbonyl (C=O) groups is 2. The molecule has 4 rings (SSSR count). The molecule has 1 aliphatic heterocycles. The molecule has 0 radical (unpaired) electrons. The quantitative estimate of drug-likeness (QED) is 0.627. The zero-order valence-corrected chi connectivity index (χ0v) is 20.2. The number of hydrogen-bond donors (Lipinski definition) is 2. The highest BCUT2D eigenvalue weighted by atomic mass is 16.5. The van der Waals surface area contributed by atoms with Gasteiger partial charge in [0.25, 0.3) is 0 Å². The highest BCUT2D eigenvalue weighted by Crippen LogP contribution is 2.35. The Morgan fingerprint density at radius 3 is 2.39 bits per heavy atom. The van der Waals surface area contributed by atoms with Crippen molar-refractivity contribution in [1.29, 1.82) is 0 Å². The van der Waals surface area contributed by atoms with Gasteiger partial charge in [-0.2, -0.15) is 0 Å². The van der Waals surface area contributed by atoms with Crippen molar-refractivity contribution in [2.45, 2.75) is 95.0 Å². The van der Waals surface area contributed by atoms with E-state index >= 15 is 0 Å². The predicted octanol–water partition coefficient (Wildman–Crippen LogP) is 2.35. The van der Waals surface area contributed by atoms with Gasteiger partial charge in [-0.05, 0) is 63.9 Å². The molecular formula is C26H40N4O3. The van der Waals surface area contributed by atoms with Crippen LogP contribution in [0.3, 0.4) is 0 Å². The Bertz CT molecular complexity index is 802. The fraction of sp³-hybridized carbons (Fsp3) is 0.692. The van der Waals surface area contributed by atoms with Crippen molar-refractivity contribution in [3.63, 3.8) is 0 Å². The molecule has 2 atom stereocenters. The number of rotatable bonds is 8. The van der Waals surface area contributed by atoms with E-state index in [1.54, 1.807) is 4.90 Å². The predicted molar refractivity (Wildman–Crippen MR) is 129 cm³/mol. The van der Waals surface area contributed by atoms with Crippen LogP contribution >= 0.6 is 0 Å². The lowest BCUT2D eigenvalue weighted by atomic mass is 9.90. The number of ether oxygens (including phenoxy) is 1. The summed E-state index contributed by atoms with van der Waals surface area (Å²) in [6, 6.07) is 9.58. The summed E-state index contributed by atoms with van der Waals surface area (Å²) in [7, 11) is 1.53. The van der Waals surface area contributed by atoms with Crippen LogP contribution in [-0.4, -0.2) is 72.1 Å². The number of benzene rings is 1. The van der Waals surface area contributed by atoms with Gasteiger partial charge in [0.2, 0.25) is 11.8 Å². The molecule has 2 aliphatic carbocycles. The molecule has 1 unspecified atom stereocenters. The van der Waals surface area contributed by atoms with Crippen LogP contribution in [0.5, 0.6) is 0 Å². The van der Waals surface area contributed by atoms with Crippen LogP contribution in [0, 0.1) is 6.92 Å². The summed E-state index contributed by atoms with van der Waals surface area (Å²) in [6.45, 7) is 3.62. The molecule has 33 heavy (non-hydrogen) atoms. The summed E-state index contributed by atoms with van der Waals surface area (Å²) >= 11 is 0. The Labute approximate surface area is 198 Å². The summed E-state index contributed by atoms with van der Waals surface area (Å²) in [6.07, 6.45) is 7.71. The molecule has 2 saturated carbocycles. The molecule has 7 heteroatoms. The van der Waals surface area contributed by atoms with Gasteiger partial charge in [-0.1, -0.05) is 29.8 Å². The SMILES string of the molecule is COCC(=O)N1CCC(N(Cc2ccc(C)cc2)C2CC2)C[C@@H]1C(=O)NC1CCC(N)CC1. The lowest BCUT2D eigenvalue weighted by Gasteiger charge is -2.43. The van der Waals surface area contributed by atoms with Gasteiger partial charge >= 0.3 is 0 Å². The van der Waals surface area contributed by atoms with Crippen molar-refractivity contribution in [2.24, 2.45) is 5.73 Å². The lowest BCUT2D eigenvalue weighted by Crippen LogP contribution is -2.59. The number of hydrogen-bond acceptors (Lipinski definition) is 5. The molecule has 2 amide bonds. The second-order valence-corrected chi connectivity index (χ2v) is 10.2. The highest BCUT2D eigenvalue weighted by Gasteiger charge is 2.42. The molecule has 1 heterocycles. The van der Waals surface area contributed by atoms with Gasteiger partial charge < -0.3 is 20.7 Å². The number of carbonyl (C=O) groups excluding carboxylic acids is 2. The molecule has 3 N–H and O–H groups in total. The molecule has 182 valence electrons. The van der Waals surface area contributed by atoms with Gasteiger partial charge in [-0.25, -0.2) is 0 Å². The molecule has 0 bridgehead atoms. The molecule has 1 saturated heterocycles. The molecular weight excluding hydrogens is 416 g/mol. The second-order valence-electron chi connectivity index (χ2n) is 10.2. The average Bonchev–Trinajstić information content (AvgIpc) is 3.65. The maximum absolute atomic E-state index is 13.4. The average molecular weight is 457 g/mol. The van der Waals surface area contributed by atoms with Crippen molar-refractivity contribution in [3.05, 3.63) is 35.4 Å². The van der Waals surface area contributed by atoms with E-state index < -0.39 is 6.04 Å². The smallest absolute Gasteiger partial charge is 0.249 e. The van der Waals surface area contributed by atoms with Crippen LogP contribution in [-0.2, 0) is 20.9 Å². The maximum atomic E-state index is 13.4. The number of nitrogens with two attached hydrogens (primary N) is 1. The van der Waals surface area contributed by atoms with Gasteiger partial charge in [0, 0.05) is 44.4 Å². The van der Waals surface area contributed by atoms with Gasteiger partial charge in [0.05, 0.1) is 0 Å². The normalized spacial score (nSPS) is 28.1. The van der Waals surface area contributed by atoms with Crippen molar-refractivity contribution >= 4 is 11.8 Å². The summed E-state index contributed by atoms with van der Waals surface area (Å²) in [5.41, 5.74) is 8.61. The Hall–Kier alpha value is -1.96. The summed E-state index contributed by atoms with van der Waals surface area (Å²) in [5.74, 6) is -0.117. The highest BCUT2D eigenvalue weighted by molar-refractivity contribution is 5.88. The molecule has 1 aromatic carbocycles. The van der Waals surface area contributed by atoms with Crippen LogP contribution < -0.4 is 11.1 Å². The Morgan fingerprint density at radius 1 is 1.06 bits per heavy atom. The van der Waals surface area contributed by atoms with Crippen LogP contribution in [0.25, 0.3) is 0 Å². The minimum Gasteiger partial charge on any atom is -0.375 e. The van der Waals surface area contributed by atoms with Crippen LogP contribution in [0.1, 0.15) is 62.5 Å². The zero-order chi connectivity index (χ0) is 23.4. The first kappa shape index (κ1) is 24.2. The third kappa shape index (κ3) is 6.34. The number of likely N-dealkylation sites (tertiary alicyclic amines) is 1. The molecule has 0 aromatic heterocycles. The topological polar surface area (TPSA) is 87.9 Å². The number of methoxy groups -OCH3 is 1. The first-order chi connectivity index (χ1) is 15.9. The van der Waals surface area contributed by atoms with E-state index in [1.807, 2.05) is 0 Å². The molecule has 3 aliphatic rings. The largest absolute Gasteiger partial charge is 0.375 e. The minimum absolute atomic E-state index is 0.0163. The zero-order valence-electron chi connectivity index (χ0n) is 20.2. The van der Waals surface area contributed by atoms with E-state index in [4.69, 9.17) is 10.5 Å². The van der Waals surface area contributed by atoms with E-state index in [0.717, 1.165) is 38.6 Å². The van der Waals surface area contributed by atoms with Crippen molar-refractivity contribution < 1.29 is 14.3 Å². The van der Waals surface area contributed by atoms with Gasteiger partial charge in [0.1, 0.15) is 12.6 Å². The first-order valence-electron chi connectivity index (χ1n) is 12.6. The third-order valence-corrected chi connectivity index (χ3v) is 7.55. The van der Waals surface area contributed by atoms with Crippen LogP contribution in [0.2, 0.25) is 0 Å². The molecule has 0 spiro atoms. The number of nitrogens with one attached hydrogen (secondary N) is 1. The summed E-state index contributed by atoms with van der Waals surface area (Å²) in [4.78, 5) is 30.5. The van der Waals surface area contributed by atoms with Crippen LogP contribution in [0.15, 0.2) is 24.3 Å². The van der Waals surface area contributed by atoms with E-state index in [2.05, 4.69) is 41.4 Å². The van der Waals surface area contributed by atoms with Gasteiger partial charge in [0.15, 0.2) is 0 Å². The second kappa shape index (κ2) is 11.0. The minimum atomic E-state index is -0.443. The van der Waals surface area contributed by atoms with Crippen molar-refractivity contribution in [3.8, 4) is 0 Å². The Kier molecular flexibility index (Phi) is 8.04. The number of aryl methyl sites for hydroxylation is 1.